The number of halogens is 1. The summed E-state index contributed by atoms with van der Waals surface area (Å²) in [5.41, 5.74) is 0.716. The van der Waals surface area contributed by atoms with E-state index in [-0.39, 0.29) is 11.7 Å². The molecule has 2 aromatic heterocycles. The van der Waals surface area contributed by atoms with Crippen molar-refractivity contribution in [3.05, 3.63) is 58.4 Å². The minimum Gasteiger partial charge on any atom is -0.338 e. The summed E-state index contributed by atoms with van der Waals surface area (Å²) in [6.45, 7) is 3.40. The number of carbonyl (C=O) groups is 1. The van der Waals surface area contributed by atoms with Crippen molar-refractivity contribution in [2.45, 2.75) is 6.54 Å². The number of thiophene rings is 1. The first-order valence-corrected chi connectivity index (χ1v) is 9.21. The Bertz CT molecular complexity index is 871. The van der Waals surface area contributed by atoms with Gasteiger partial charge in [0.25, 0.3) is 5.91 Å². The van der Waals surface area contributed by atoms with Crippen LogP contribution in [0.25, 0.3) is 11.4 Å². The maximum atomic E-state index is 13.0. The molecule has 1 amide bonds. The molecule has 0 unspecified atom stereocenters. The second-order valence-corrected chi connectivity index (χ2v) is 7.01. The van der Waals surface area contributed by atoms with Gasteiger partial charge in [-0.15, -0.1) is 11.3 Å². The van der Waals surface area contributed by atoms with Crippen LogP contribution in [0.3, 0.4) is 0 Å². The molecule has 8 heteroatoms. The lowest BCUT2D eigenvalue weighted by molar-refractivity contribution is 0.0620. The number of rotatable bonds is 4. The van der Waals surface area contributed by atoms with Gasteiger partial charge in [-0.3, -0.25) is 9.69 Å². The van der Waals surface area contributed by atoms with Gasteiger partial charge < -0.3 is 9.42 Å². The number of amides is 1. The van der Waals surface area contributed by atoms with Crippen LogP contribution in [0, 0.1) is 5.82 Å². The average molecular weight is 372 g/mol. The third-order valence-electron chi connectivity index (χ3n) is 4.32. The molecule has 26 heavy (non-hydrogen) atoms. The van der Waals surface area contributed by atoms with Gasteiger partial charge in [0.1, 0.15) is 5.82 Å². The van der Waals surface area contributed by atoms with Crippen molar-refractivity contribution < 1.29 is 13.7 Å². The molecular weight excluding hydrogens is 355 g/mol. The highest BCUT2D eigenvalue weighted by atomic mass is 32.1. The first-order valence-electron chi connectivity index (χ1n) is 8.33. The summed E-state index contributed by atoms with van der Waals surface area (Å²) in [5, 5.41) is 5.87. The Labute approximate surface area is 153 Å². The Morgan fingerprint density at radius 1 is 1.15 bits per heavy atom. The molecule has 0 radical (unpaired) electrons. The van der Waals surface area contributed by atoms with Crippen molar-refractivity contribution in [1.29, 1.82) is 0 Å². The minimum absolute atomic E-state index is 0.0936. The number of hydrogen-bond donors (Lipinski definition) is 0. The third-order valence-corrected chi connectivity index (χ3v) is 5.18. The topological polar surface area (TPSA) is 62.5 Å². The molecule has 3 aromatic rings. The van der Waals surface area contributed by atoms with Gasteiger partial charge in [0.15, 0.2) is 0 Å². The van der Waals surface area contributed by atoms with Crippen molar-refractivity contribution in [1.82, 2.24) is 19.9 Å². The fraction of sp³-hybridized carbons (Fsp3) is 0.278. The number of aromatic nitrogens is 2. The zero-order valence-electron chi connectivity index (χ0n) is 14.0. The highest BCUT2D eigenvalue weighted by molar-refractivity contribution is 7.12. The Morgan fingerprint density at radius 3 is 2.62 bits per heavy atom. The van der Waals surface area contributed by atoms with Crippen molar-refractivity contribution >= 4 is 17.2 Å². The molecule has 1 saturated heterocycles. The van der Waals surface area contributed by atoms with E-state index in [2.05, 4.69) is 15.0 Å². The summed E-state index contributed by atoms with van der Waals surface area (Å²) in [4.78, 5) is 21.6. The molecule has 0 atom stereocenters. The predicted octanol–water partition coefficient (Wildman–Crippen LogP) is 2.90. The smallest absolute Gasteiger partial charge is 0.264 e. The molecule has 1 fully saturated rings. The van der Waals surface area contributed by atoms with Gasteiger partial charge in [0.05, 0.1) is 11.4 Å². The van der Waals surface area contributed by atoms with Gasteiger partial charge in [-0.25, -0.2) is 4.39 Å². The lowest BCUT2D eigenvalue weighted by Gasteiger charge is -2.33. The van der Waals surface area contributed by atoms with Gasteiger partial charge in [-0.2, -0.15) is 4.98 Å². The summed E-state index contributed by atoms with van der Waals surface area (Å²) >= 11 is 1.47. The maximum Gasteiger partial charge on any atom is 0.264 e. The maximum absolute atomic E-state index is 13.0. The zero-order chi connectivity index (χ0) is 17.9. The molecule has 1 aromatic carbocycles. The van der Waals surface area contributed by atoms with Crippen LogP contribution < -0.4 is 0 Å². The van der Waals surface area contributed by atoms with Crippen LogP contribution in [-0.4, -0.2) is 52.0 Å². The number of carbonyl (C=O) groups excluding carboxylic acids is 1. The van der Waals surface area contributed by atoms with E-state index in [9.17, 15) is 9.18 Å². The molecule has 0 saturated carbocycles. The molecule has 0 bridgehead atoms. The van der Waals surface area contributed by atoms with E-state index in [0.29, 0.717) is 36.9 Å². The minimum atomic E-state index is -0.299. The summed E-state index contributed by atoms with van der Waals surface area (Å²) in [5.74, 6) is 0.761. The number of benzene rings is 1. The van der Waals surface area contributed by atoms with E-state index in [4.69, 9.17) is 4.52 Å². The quantitative estimate of drug-likeness (QED) is 0.705. The van der Waals surface area contributed by atoms with Crippen LogP contribution in [0.4, 0.5) is 4.39 Å². The van der Waals surface area contributed by atoms with Gasteiger partial charge >= 0.3 is 0 Å². The molecular formula is C18H17FN4O2S. The van der Waals surface area contributed by atoms with Crippen LogP contribution in [0.15, 0.2) is 46.3 Å². The van der Waals surface area contributed by atoms with E-state index in [1.165, 1.54) is 23.5 Å². The second-order valence-electron chi connectivity index (χ2n) is 6.06. The van der Waals surface area contributed by atoms with Crippen LogP contribution in [0.5, 0.6) is 0 Å². The standard InChI is InChI=1S/C18H17FN4O2S/c19-14-5-3-13(4-6-14)17-20-16(25-21-17)12-22-7-9-23(10-8-22)18(24)15-2-1-11-26-15/h1-6,11H,7-10,12H2. The highest BCUT2D eigenvalue weighted by Gasteiger charge is 2.23. The van der Waals surface area contributed by atoms with Crippen molar-refractivity contribution in [2.24, 2.45) is 0 Å². The van der Waals surface area contributed by atoms with Gasteiger partial charge in [-0.05, 0) is 35.7 Å². The van der Waals surface area contributed by atoms with Crippen LogP contribution in [0.2, 0.25) is 0 Å². The summed E-state index contributed by atoms with van der Waals surface area (Å²) in [7, 11) is 0. The number of hydrogen-bond acceptors (Lipinski definition) is 6. The van der Waals surface area contributed by atoms with E-state index in [1.54, 1.807) is 12.1 Å². The first kappa shape index (κ1) is 16.9. The monoisotopic (exact) mass is 372 g/mol. The lowest BCUT2D eigenvalue weighted by Crippen LogP contribution is -2.48. The fourth-order valence-corrected chi connectivity index (χ4v) is 3.58. The van der Waals surface area contributed by atoms with E-state index in [1.807, 2.05) is 22.4 Å². The van der Waals surface area contributed by atoms with Gasteiger partial charge in [-0.1, -0.05) is 11.2 Å². The van der Waals surface area contributed by atoms with Gasteiger partial charge in [0, 0.05) is 31.7 Å². The summed E-state index contributed by atoms with van der Waals surface area (Å²) in [6.07, 6.45) is 0. The predicted molar refractivity (Wildman–Crippen MR) is 95.2 cm³/mol. The first-order chi connectivity index (χ1) is 12.7. The largest absolute Gasteiger partial charge is 0.338 e. The summed E-state index contributed by atoms with van der Waals surface area (Å²) in [6, 6.07) is 9.74. The average Bonchev–Trinajstić information content (AvgIpc) is 3.35. The Hall–Kier alpha value is -2.58. The number of piperazine rings is 1. The molecule has 4 rings (SSSR count). The SMILES string of the molecule is O=C(c1cccs1)N1CCN(Cc2nc(-c3ccc(F)cc3)no2)CC1. The van der Waals surface area contributed by atoms with E-state index in [0.717, 1.165) is 18.0 Å². The number of nitrogens with zero attached hydrogens (tertiary/aromatic N) is 4. The van der Waals surface area contributed by atoms with E-state index < -0.39 is 0 Å². The third kappa shape index (κ3) is 3.66. The molecule has 0 aliphatic carbocycles. The van der Waals surface area contributed by atoms with Crippen LogP contribution in [0.1, 0.15) is 15.6 Å². The van der Waals surface area contributed by atoms with Crippen LogP contribution in [-0.2, 0) is 6.54 Å². The van der Waals surface area contributed by atoms with Crippen molar-refractivity contribution in [3.63, 3.8) is 0 Å². The molecule has 0 spiro atoms. The molecule has 3 heterocycles. The highest BCUT2D eigenvalue weighted by Crippen LogP contribution is 2.18. The zero-order valence-corrected chi connectivity index (χ0v) is 14.8. The van der Waals surface area contributed by atoms with Crippen molar-refractivity contribution in [3.8, 4) is 11.4 Å². The fourth-order valence-electron chi connectivity index (χ4n) is 2.89. The molecule has 0 N–H and O–H groups in total. The summed E-state index contributed by atoms with van der Waals surface area (Å²) < 4.78 is 18.3. The Kier molecular flexibility index (Phi) is 4.77. The van der Waals surface area contributed by atoms with Crippen LogP contribution >= 0.6 is 11.3 Å². The van der Waals surface area contributed by atoms with Crippen molar-refractivity contribution in [2.75, 3.05) is 26.2 Å². The lowest BCUT2D eigenvalue weighted by atomic mass is 10.2. The Balaban J connectivity index is 1.33. The molecule has 6 nitrogen and oxygen atoms in total. The normalized spacial score (nSPS) is 15.3. The molecule has 1 aliphatic rings. The van der Waals surface area contributed by atoms with Gasteiger partial charge in [0.2, 0.25) is 11.7 Å². The Morgan fingerprint density at radius 2 is 1.92 bits per heavy atom. The van der Waals surface area contributed by atoms with E-state index >= 15 is 0 Å². The molecule has 1 aliphatic heterocycles. The second kappa shape index (κ2) is 7.35. The molecule has 134 valence electrons.